The zero-order chi connectivity index (χ0) is 19.2. The summed E-state index contributed by atoms with van der Waals surface area (Å²) >= 11 is 0. The number of rotatable bonds is 6. The molecule has 2 N–H and O–H groups in total. The maximum Gasteiger partial charge on any atom is 0.249 e. The minimum atomic E-state index is 0.376. The lowest BCUT2D eigenvalue weighted by atomic mass is 10.2. The highest BCUT2D eigenvalue weighted by molar-refractivity contribution is 5.64. The van der Waals surface area contributed by atoms with Crippen molar-refractivity contribution in [1.82, 2.24) is 15.2 Å². The van der Waals surface area contributed by atoms with E-state index in [4.69, 9.17) is 4.74 Å². The molecule has 0 atom stereocenters. The zero-order valence-corrected chi connectivity index (χ0v) is 15.3. The fourth-order valence-electron chi connectivity index (χ4n) is 2.60. The summed E-state index contributed by atoms with van der Waals surface area (Å²) in [6, 6.07) is 25.3. The molecule has 0 unspecified atom stereocenters. The molecule has 3 aromatic carbocycles. The topological polar surface area (TPSA) is 72.0 Å². The zero-order valence-electron chi connectivity index (χ0n) is 15.3. The summed E-state index contributed by atoms with van der Waals surface area (Å²) in [6.45, 7) is 2.05. The Kier molecular flexibility index (Phi) is 5.11. The Hall–Kier alpha value is -3.93. The molecule has 0 aliphatic rings. The van der Waals surface area contributed by atoms with Gasteiger partial charge in [-0.2, -0.15) is 10.1 Å². The molecule has 0 bridgehead atoms. The molecule has 0 saturated carbocycles. The minimum absolute atomic E-state index is 0.376. The van der Waals surface area contributed by atoms with Crippen LogP contribution in [-0.2, 0) is 0 Å². The van der Waals surface area contributed by atoms with Crippen molar-refractivity contribution in [2.45, 2.75) is 6.92 Å². The van der Waals surface area contributed by atoms with Crippen LogP contribution in [0, 0.1) is 6.92 Å². The van der Waals surface area contributed by atoms with Crippen LogP contribution >= 0.6 is 0 Å². The molecule has 1 heterocycles. The second-order valence-corrected chi connectivity index (χ2v) is 6.19. The van der Waals surface area contributed by atoms with Gasteiger partial charge in [-0.15, -0.1) is 5.10 Å². The number of nitrogens with one attached hydrogen (secondary N) is 2. The van der Waals surface area contributed by atoms with Crippen LogP contribution in [0.1, 0.15) is 5.56 Å². The number of ether oxygens (including phenoxy) is 1. The molecule has 138 valence electrons. The Morgan fingerprint density at radius 2 is 1.54 bits per heavy atom. The fourth-order valence-corrected chi connectivity index (χ4v) is 2.60. The molecule has 0 aliphatic heterocycles. The number of nitrogens with zero attached hydrogens (tertiary/aromatic N) is 3. The van der Waals surface area contributed by atoms with Gasteiger partial charge in [-0.25, -0.2) is 0 Å². The van der Waals surface area contributed by atoms with Gasteiger partial charge in [0.2, 0.25) is 5.95 Å². The molecular formula is C22H19N5O. The Morgan fingerprint density at radius 1 is 0.786 bits per heavy atom. The SMILES string of the molecule is Cc1ccc(Nc2cnnc(Nc3ccccc3Oc3ccccc3)n2)cc1. The third-order valence-corrected chi connectivity index (χ3v) is 3.99. The highest BCUT2D eigenvalue weighted by Crippen LogP contribution is 2.30. The second kappa shape index (κ2) is 8.18. The molecule has 1 aromatic heterocycles. The summed E-state index contributed by atoms with van der Waals surface area (Å²) in [4.78, 5) is 4.48. The first-order chi connectivity index (χ1) is 13.8. The Labute approximate surface area is 163 Å². The maximum absolute atomic E-state index is 5.96. The van der Waals surface area contributed by atoms with Crippen molar-refractivity contribution < 1.29 is 4.74 Å². The van der Waals surface area contributed by atoms with E-state index in [1.807, 2.05) is 85.8 Å². The molecule has 6 nitrogen and oxygen atoms in total. The number of aryl methyl sites for hydroxylation is 1. The van der Waals surface area contributed by atoms with Gasteiger partial charge in [-0.1, -0.05) is 48.0 Å². The fraction of sp³-hybridized carbons (Fsp3) is 0.0455. The quantitative estimate of drug-likeness (QED) is 0.470. The highest BCUT2D eigenvalue weighted by atomic mass is 16.5. The van der Waals surface area contributed by atoms with E-state index in [9.17, 15) is 0 Å². The summed E-state index contributed by atoms with van der Waals surface area (Å²) < 4.78 is 5.96. The van der Waals surface area contributed by atoms with Gasteiger partial charge in [0.25, 0.3) is 0 Å². The van der Waals surface area contributed by atoms with Crippen LogP contribution < -0.4 is 15.4 Å². The van der Waals surface area contributed by atoms with Crippen molar-refractivity contribution in [1.29, 1.82) is 0 Å². The van der Waals surface area contributed by atoms with E-state index in [0.29, 0.717) is 17.5 Å². The Morgan fingerprint density at radius 3 is 2.36 bits per heavy atom. The standard InChI is InChI=1S/C22H19N5O/c1-16-11-13-17(14-12-16)24-21-15-23-27-22(26-21)25-19-9-5-6-10-20(19)28-18-7-3-2-4-8-18/h2-15H,1H3,(H2,24,25,26,27). The van der Waals surface area contributed by atoms with E-state index in [-0.39, 0.29) is 0 Å². The van der Waals surface area contributed by atoms with Crippen LogP contribution in [0.15, 0.2) is 85.1 Å². The van der Waals surface area contributed by atoms with Gasteiger partial charge in [-0.05, 0) is 43.3 Å². The van der Waals surface area contributed by atoms with Crippen LogP contribution in [0.3, 0.4) is 0 Å². The van der Waals surface area contributed by atoms with Crippen LogP contribution in [0.4, 0.5) is 23.1 Å². The average molecular weight is 369 g/mol. The lowest BCUT2D eigenvalue weighted by Gasteiger charge is -2.12. The van der Waals surface area contributed by atoms with E-state index in [1.54, 1.807) is 6.20 Å². The first-order valence-electron chi connectivity index (χ1n) is 8.89. The van der Waals surface area contributed by atoms with Crippen molar-refractivity contribution in [2.24, 2.45) is 0 Å². The minimum Gasteiger partial charge on any atom is -0.455 e. The van der Waals surface area contributed by atoms with Gasteiger partial charge in [0.1, 0.15) is 5.75 Å². The van der Waals surface area contributed by atoms with Crippen LogP contribution in [0.5, 0.6) is 11.5 Å². The van der Waals surface area contributed by atoms with Gasteiger partial charge >= 0.3 is 0 Å². The monoisotopic (exact) mass is 369 g/mol. The van der Waals surface area contributed by atoms with E-state index < -0.39 is 0 Å². The number of para-hydroxylation sites is 3. The largest absolute Gasteiger partial charge is 0.455 e. The smallest absolute Gasteiger partial charge is 0.249 e. The van der Waals surface area contributed by atoms with Crippen LogP contribution in [0.2, 0.25) is 0 Å². The molecule has 0 saturated heterocycles. The number of hydrogen-bond donors (Lipinski definition) is 2. The molecule has 0 amide bonds. The van der Waals surface area contributed by atoms with Gasteiger partial charge in [0.05, 0.1) is 11.9 Å². The number of anilines is 4. The van der Waals surface area contributed by atoms with E-state index >= 15 is 0 Å². The molecule has 0 fully saturated rings. The predicted molar refractivity (Wildman–Crippen MR) is 111 cm³/mol. The Bertz CT molecular complexity index is 1050. The van der Waals surface area contributed by atoms with Gasteiger partial charge in [0, 0.05) is 5.69 Å². The lowest BCUT2D eigenvalue weighted by Crippen LogP contribution is -2.03. The molecule has 0 spiro atoms. The Balaban J connectivity index is 1.52. The first-order valence-corrected chi connectivity index (χ1v) is 8.89. The molecule has 28 heavy (non-hydrogen) atoms. The van der Waals surface area contributed by atoms with Gasteiger partial charge in [0.15, 0.2) is 11.6 Å². The van der Waals surface area contributed by atoms with Crippen molar-refractivity contribution in [3.8, 4) is 11.5 Å². The average Bonchev–Trinajstić information content (AvgIpc) is 2.72. The van der Waals surface area contributed by atoms with E-state index in [2.05, 4.69) is 25.8 Å². The van der Waals surface area contributed by atoms with Gasteiger partial charge < -0.3 is 15.4 Å². The highest BCUT2D eigenvalue weighted by Gasteiger charge is 2.08. The van der Waals surface area contributed by atoms with Crippen molar-refractivity contribution in [2.75, 3.05) is 10.6 Å². The molecule has 6 heteroatoms. The first kappa shape index (κ1) is 17.5. The van der Waals surface area contributed by atoms with Crippen molar-refractivity contribution in [3.05, 3.63) is 90.6 Å². The van der Waals surface area contributed by atoms with Crippen molar-refractivity contribution >= 4 is 23.1 Å². The third-order valence-electron chi connectivity index (χ3n) is 3.99. The maximum atomic E-state index is 5.96. The number of aromatic nitrogens is 3. The third kappa shape index (κ3) is 4.42. The molecule has 0 radical (unpaired) electrons. The number of hydrogen-bond acceptors (Lipinski definition) is 6. The van der Waals surface area contributed by atoms with Gasteiger partial charge in [-0.3, -0.25) is 0 Å². The molecule has 4 aromatic rings. The summed E-state index contributed by atoms with van der Waals surface area (Å²) in [5.41, 5.74) is 2.88. The van der Waals surface area contributed by atoms with Crippen LogP contribution in [0.25, 0.3) is 0 Å². The second-order valence-electron chi connectivity index (χ2n) is 6.19. The van der Waals surface area contributed by atoms with Crippen LogP contribution in [-0.4, -0.2) is 15.2 Å². The molecular weight excluding hydrogens is 350 g/mol. The predicted octanol–water partition coefficient (Wildman–Crippen LogP) is 5.46. The molecule has 0 aliphatic carbocycles. The molecule has 4 rings (SSSR count). The summed E-state index contributed by atoms with van der Waals surface area (Å²) in [6.07, 6.45) is 1.58. The lowest BCUT2D eigenvalue weighted by molar-refractivity contribution is 0.485. The van der Waals surface area contributed by atoms with Crippen molar-refractivity contribution in [3.63, 3.8) is 0 Å². The summed E-state index contributed by atoms with van der Waals surface area (Å²) in [5.74, 6) is 2.41. The summed E-state index contributed by atoms with van der Waals surface area (Å²) in [7, 11) is 0. The summed E-state index contributed by atoms with van der Waals surface area (Å²) in [5, 5.41) is 14.5. The van der Waals surface area contributed by atoms with E-state index in [0.717, 1.165) is 17.1 Å². The van der Waals surface area contributed by atoms with E-state index in [1.165, 1.54) is 5.56 Å². The number of benzene rings is 3. The normalized spacial score (nSPS) is 10.3.